The Bertz CT molecular complexity index is 976. The van der Waals surface area contributed by atoms with Gasteiger partial charge in [0, 0.05) is 0 Å². The number of nitrogens with zero attached hydrogens (tertiary/aromatic N) is 1. The van der Waals surface area contributed by atoms with Crippen LogP contribution in [0.25, 0.3) is 0 Å². The minimum Gasteiger partial charge on any atom is -0.497 e. The largest absolute Gasteiger partial charge is 0.497 e. The Balaban J connectivity index is 2.24. The summed E-state index contributed by atoms with van der Waals surface area (Å²) >= 11 is 6.05. The minimum atomic E-state index is -3.74. The van der Waals surface area contributed by atoms with E-state index in [1.54, 1.807) is 12.1 Å². The van der Waals surface area contributed by atoms with E-state index in [2.05, 4.69) is 10.1 Å². The predicted molar refractivity (Wildman–Crippen MR) is 107 cm³/mol. The molecule has 0 aliphatic rings. The molecule has 150 valence electrons. The summed E-state index contributed by atoms with van der Waals surface area (Å²) in [5.41, 5.74) is 0.655. The topological polar surface area (TPSA) is 102 Å². The van der Waals surface area contributed by atoms with Crippen molar-refractivity contribution in [2.45, 2.75) is 0 Å². The molecule has 0 fully saturated rings. The quantitative estimate of drug-likeness (QED) is 0.682. The van der Waals surface area contributed by atoms with Gasteiger partial charge in [-0.3, -0.25) is 9.10 Å². The molecule has 0 heterocycles. The van der Waals surface area contributed by atoms with Crippen LogP contribution in [0.1, 0.15) is 10.4 Å². The Hall–Kier alpha value is -2.78. The number of methoxy groups -OCH3 is 2. The van der Waals surface area contributed by atoms with Crippen LogP contribution in [-0.2, 0) is 19.6 Å². The summed E-state index contributed by atoms with van der Waals surface area (Å²) in [6.07, 6.45) is 0.995. The van der Waals surface area contributed by atoms with E-state index in [4.69, 9.17) is 16.3 Å². The number of hydrogen-bond acceptors (Lipinski definition) is 6. The first-order chi connectivity index (χ1) is 13.2. The number of halogens is 1. The van der Waals surface area contributed by atoms with Crippen molar-refractivity contribution in [2.75, 3.05) is 36.6 Å². The first kappa shape index (κ1) is 21.5. The number of rotatable bonds is 7. The van der Waals surface area contributed by atoms with Crippen LogP contribution >= 0.6 is 11.6 Å². The molecule has 0 saturated carbocycles. The first-order valence-corrected chi connectivity index (χ1v) is 10.2. The summed E-state index contributed by atoms with van der Waals surface area (Å²) in [6.45, 7) is -0.482. The lowest BCUT2D eigenvalue weighted by Crippen LogP contribution is -2.37. The van der Waals surface area contributed by atoms with E-state index in [0.717, 1.165) is 10.6 Å². The highest BCUT2D eigenvalue weighted by Crippen LogP contribution is 2.25. The van der Waals surface area contributed by atoms with Crippen LogP contribution in [0.5, 0.6) is 5.75 Å². The van der Waals surface area contributed by atoms with Crippen molar-refractivity contribution in [1.29, 1.82) is 0 Å². The molecule has 2 rings (SSSR count). The lowest BCUT2D eigenvalue weighted by Gasteiger charge is -2.22. The number of benzene rings is 2. The van der Waals surface area contributed by atoms with Crippen LogP contribution < -0.4 is 14.4 Å². The van der Waals surface area contributed by atoms with Crippen LogP contribution in [0.15, 0.2) is 42.5 Å². The molecule has 2 aromatic rings. The monoisotopic (exact) mass is 426 g/mol. The van der Waals surface area contributed by atoms with E-state index < -0.39 is 28.4 Å². The molecule has 1 amide bonds. The normalized spacial score (nSPS) is 10.9. The molecule has 28 heavy (non-hydrogen) atoms. The van der Waals surface area contributed by atoms with Crippen molar-refractivity contribution >= 4 is 44.9 Å². The molecule has 0 saturated heterocycles. The van der Waals surface area contributed by atoms with E-state index >= 15 is 0 Å². The fourth-order valence-electron chi connectivity index (χ4n) is 2.33. The van der Waals surface area contributed by atoms with E-state index in [0.29, 0.717) is 11.4 Å². The third kappa shape index (κ3) is 5.37. The Labute approximate surface area is 168 Å². The minimum absolute atomic E-state index is 0.165. The van der Waals surface area contributed by atoms with Gasteiger partial charge in [0.1, 0.15) is 12.3 Å². The number of amides is 1. The number of hydrogen-bond donors (Lipinski definition) is 1. The second-order valence-corrected chi connectivity index (χ2v) is 8.02. The van der Waals surface area contributed by atoms with Crippen LogP contribution in [0.2, 0.25) is 5.02 Å². The Kier molecular flexibility index (Phi) is 6.87. The summed E-state index contributed by atoms with van der Waals surface area (Å²) in [6, 6.07) is 10.5. The average Bonchev–Trinajstić information content (AvgIpc) is 2.66. The third-order valence-electron chi connectivity index (χ3n) is 3.71. The maximum Gasteiger partial charge on any atom is 0.337 e. The number of esters is 1. The van der Waals surface area contributed by atoms with Crippen molar-refractivity contribution in [3.63, 3.8) is 0 Å². The van der Waals surface area contributed by atoms with Crippen molar-refractivity contribution < 1.29 is 27.5 Å². The van der Waals surface area contributed by atoms with Gasteiger partial charge in [-0.1, -0.05) is 11.6 Å². The maximum atomic E-state index is 12.5. The zero-order chi connectivity index (χ0) is 20.9. The van der Waals surface area contributed by atoms with Gasteiger partial charge >= 0.3 is 5.97 Å². The van der Waals surface area contributed by atoms with Crippen molar-refractivity contribution in [3.05, 3.63) is 53.1 Å². The van der Waals surface area contributed by atoms with E-state index in [-0.39, 0.29) is 16.3 Å². The number of carbonyl (C=O) groups is 2. The average molecular weight is 427 g/mol. The number of anilines is 2. The standard InChI is InChI=1S/C18H19ClN2O6S/c1-26-14-7-5-13(6-8-14)21(28(3,24)25)11-17(22)20-16-10-12(18(23)27-2)4-9-15(16)19/h4-10H,11H2,1-3H3,(H,20,22). The van der Waals surface area contributed by atoms with Gasteiger partial charge in [-0.25, -0.2) is 13.2 Å². The van der Waals surface area contributed by atoms with Crippen LogP contribution in [-0.4, -0.2) is 47.3 Å². The third-order valence-corrected chi connectivity index (χ3v) is 5.18. The molecule has 0 aliphatic heterocycles. The fraction of sp³-hybridized carbons (Fsp3) is 0.222. The van der Waals surface area contributed by atoms with Crippen LogP contribution in [0, 0.1) is 0 Å². The molecule has 0 bridgehead atoms. The summed E-state index contributed by atoms with van der Waals surface area (Å²) in [5, 5.41) is 2.71. The van der Waals surface area contributed by atoms with Crippen molar-refractivity contribution in [3.8, 4) is 5.75 Å². The summed E-state index contributed by atoms with van der Waals surface area (Å²) < 4.78 is 34.9. The van der Waals surface area contributed by atoms with Crippen molar-refractivity contribution in [2.24, 2.45) is 0 Å². The zero-order valence-electron chi connectivity index (χ0n) is 15.4. The van der Waals surface area contributed by atoms with E-state index in [9.17, 15) is 18.0 Å². The Morgan fingerprint density at radius 3 is 2.29 bits per heavy atom. The molecule has 10 heteroatoms. The predicted octanol–water partition coefficient (Wildman–Crippen LogP) is 2.54. The highest BCUT2D eigenvalue weighted by molar-refractivity contribution is 7.92. The molecule has 0 spiro atoms. The second kappa shape index (κ2) is 8.94. The lowest BCUT2D eigenvalue weighted by atomic mass is 10.2. The number of ether oxygens (including phenoxy) is 2. The van der Waals surface area contributed by atoms with Gasteiger partial charge in [-0.05, 0) is 42.5 Å². The van der Waals surface area contributed by atoms with Gasteiger partial charge in [0.2, 0.25) is 15.9 Å². The molecule has 8 nitrogen and oxygen atoms in total. The second-order valence-electron chi connectivity index (χ2n) is 5.70. The molecule has 0 unspecified atom stereocenters. The summed E-state index contributed by atoms with van der Waals surface area (Å²) in [7, 11) is -1.02. The molecule has 0 radical (unpaired) electrons. The van der Waals surface area contributed by atoms with Gasteiger partial charge in [0.25, 0.3) is 0 Å². The number of nitrogens with one attached hydrogen (secondary N) is 1. The van der Waals surface area contributed by atoms with Gasteiger partial charge in [-0.2, -0.15) is 0 Å². The maximum absolute atomic E-state index is 12.5. The SMILES string of the molecule is COC(=O)c1ccc(Cl)c(NC(=O)CN(c2ccc(OC)cc2)S(C)(=O)=O)c1. The van der Waals surface area contributed by atoms with Gasteiger partial charge < -0.3 is 14.8 Å². The fourth-order valence-corrected chi connectivity index (χ4v) is 3.36. The first-order valence-electron chi connectivity index (χ1n) is 7.95. The summed E-state index contributed by atoms with van der Waals surface area (Å²) in [5.74, 6) is -0.679. The molecule has 1 N–H and O–H groups in total. The molecular weight excluding hydrogens is 408 g/mol. The van der Waals surface area contributed by atoms with Gasteiger partial charge in [0.15, 0.2) is 0 Å². The molecule has 2 aromatic carbocycles. The molecule has 0 aliphatic carbocycles. The Morgan fingerprint density at radius 2 is 1.75 bits per heavy atom. The molecule has 0 atom stereocenters. The lowest BCUT2D eigenvalue weighted by molar-refractivity contribution is -0.114. The highest BCUT2D eigenvalue weighted by atomic mass is 35.5. The van der Waals surface area contributed by atoms with E-state index in [1.165, 1.54) is 44.6 Å². The Morgan fingerprint density at radius 1 is 1.11 bits per heavy atom. The number of sulfonamides is 1. The van der Waals surface area contributed by atoms with Crippen molar-refractivity contribution in [1.82, 2.24) is 0 Å². The molecular formula is C18H19ClN2O6S. The van der Waals surface area contributed by atoms with Crippen LogP contribution in [0.4, 0.5) is 11.4 Å². The highest BCUT2D eigenvalue weighted by Gasteiger charge is 2.21. The van der Waals surface area contributed by atoms with Gasteiger partial charge in [-0.15, -0.1) is 0 Å². The zero-order valence-corrected chi connectivity index (χ0v) is 17.0. The van der Waals surface area contributed by atoms with Gasteiger partial charge in [0.05, 0.1) is 42.4 Å². The van der Waals surface area contributed by atoms with E-state index in [1.807, 2.05) is 0 Å². The smallest absolute Gasteiger partial charge is 0.337 e. The number of carbonyl (C=O) groups excluding carboxylic acids is 2. The molecule has 0 aromatic heterocycles. The van der Waals surface area contributed by atoms with Crippen LogP contribution in [0.3, 0.4) is 0 Å². The summed E-state index contributed by atoms with van der Waals surface area (Å²) in [4.78, 5) is 24.1.